The summed E-state index contributed by atoms with van der Waals surface area (Å²) in [6.07, 6.45) is 4.60. The molecule has 0 fully saturated rings. The molecular formula is C66H62BN2OS. The Kier molecular flexibility index (Phi) is 9.67. The number of rotatable bonds is 5. The Hall–Kier alpha value is -6.56. The molecule has 3 aliphatic rings. The van der Waals surface area contributed by atoms with Gasteiger partial charge in [-0.3, -0.25) is 0 Å². The molecular weight excluding hydrogens is 880 g/mol. The summed E-state index contributed by atoms with van der Waals surface area (Å²) in [5.74, 6) is 0. The Bertz CT molecular complexity index is 3880. The van der Waals surface area contributed by atoms with Crippen molar-refractivity contribution in [1.82, 2.24) is 0 Å². The molecule has 351 valence electrons. The molecule has 0 spiro atoms. The van der Waals surface area contributed by atoms with Crippen LogP contribution < -0.4 is 21.3 Å². The van der Waals surface area contributed by atoms with Crippen LogP contribution in [0.2, 0.25) is 0 Å². The molecule has 1 radical (unpaired) electrons. The van der Waals surface area contributed by atoms with Gasteiger partial charge >= 0.3 is 0 Å². The van der Waals surface area contributed by atoms with E-state index in [-0.39, 0.29) is 21.7 Å². The van der Waals surface area contributed by atoms with Crippen molar-refractivity contribution in [3.05, 3.63) is 173 Å². The van der Waals surface area contributed by atoms with Crippen molar-refractivity contribution in [1.29, 1.82) is 0 Å². The summed E-state index contributed by atoms with van der Waals surface area (Å²) in [5.41, 5.74) is 21.9. The highest BCUT2D eigenvalue weighted by atomic mass is 32.1. The maximum Gasteiger partial charge on any atom is 0.247 e. The number of thiophene rings is 1. The van der Waals surface area contributed by atoms with E-state index in [1.54, 1.807) is 0 Å². The molecule has 1 aliphatic heterocycles. The van der Waals surface area contributed by atoms with Crippen molar-refractivity contribution in [2.45, 2.75) is 117 Å². The van der Waals surface area contributed by atoms with Gasteiger partial charge in [0.2, 0.25) is 7.28 Å². The number of hydrogen-bond acceptors (Lipinski definition) is 4. The van der Waals surface area contributed by atoms with E-state index in [0.29, 0.717) is 0 Å². The molecule has 0 bridgehead atoms. The van der Waals surface area contributed by atoms with E-state index >= 15 is 0 Å². The lowest BCUT2D eigenvalue weighted by molar-refractivity contribution is 0.332. The van der Waals surface area contributed by atoms with Crippen LogP contribution in [0.5, 0.6) is 0 Å². The summed E-state index contributed by atoms with van der Waals surface area (Å²) in [6.45, 7) is 24.1. The van der Waals surface area contributed by atoms with Crippen molar-refractivity contribution in [3.8, 4) is 22.3 Å². The third kappa shape index (κ3) is 6.82. The second kappa shape index (κ2) is 15.5. The van der Waals surface area contributed by atoms with Crippen LogP contribution in [0.15, 0.2) is 144 Å². The van der Waals surface area contributed by atoms with Gasteiger partial charge in [0.15, 0.2) is 0 Å². The monoisotopic (exact) mass is 941 g/mol. The Morgan fingerprint density at radius 2 is 1.15 bits per heavy atom. The molecule has 0 saturated heterocycles. The average Bonchev–Trinajstić information content (AvgIpc) is 3.92. The molecule has 5 heteroatoms. The van der Waals surface area contributed by atoms with E-state index in [1.807, 2.05) is 11.3 Å². The molecule has 2 aromatic heterocycles. The van der Waals surface area contributed by atoms with Gasteiger partial charge in [-0.15, -0.1) is 11.3 Å². The fraction of sp³-hybridized carbons (Fsp3) is 0.273. The predicted molar refractivity (Wildman–Crippen MR) is 307 cm³/mol. The number of fused-ring (bicyclic) bond motifs is 10. The second-order valence-corrected chi connectivity index (χ2v) is 24.9. The zero-order valence-electron chi connectivity index (χ0n) is 42.9. The zero-order valence-corrected chi connectivity index (χ0v) is 43.8. The first-order chi connectivity index (χ1) is 34.0. The second-order valence-electron chi connectivity index (χ2n) is 23.8. The van der Waals surface area contributed by atoms with Gasteiger partial charge in [0.25, 0.3) is 0 Å². The maximum absolute atomic E-state index is 7.36. The van der Waals surface area contributed by atoms with E-state index in [1.165, 1.54) is 98.5 Å². The third-order valence-corrected chi connectivity index (χ3v) is 18.4. The minimum Gasteiger partial charge on any atom is -0.469 e. The van der Waals surface area contributed by atoms with Gasteiger partial charge < -0.3 is 14.6 Å². The normalized spacial score (nSPS) is 17.2. The van der Waals surface area contributed by atoms with Gasteiger partial charge in [-0.1, -0.05) is 140 Å². The summed E-state index contributed by atoms with van der Waals surface area (Å²) in [5, 5.41) is 10.2. The minimum atomic E-state index is 0.0162. The van der Waals surface area contributed by atoms with Crippen LogP contribution in [-0.4, -0.2) is 7.28 Å². The lowest BCUT2D eigenvalue weighted by Crippen LogP contribution is -2.40. The van der Waals surface area contributed by atoms with Crippen LogP contribution in [0.1, 0.15) is 114 Å². The van der Waals surface area contributed by atoms with Crippen LogP contribution >= 0.6 is 11.3 Å². The van der Waals surface area contributed by atoms with Crippen LogP contribution in [-0.2, 0) is 21.7 Å². The number of aryl methyl sites for hydroxylation is 2. The molecule has 0 saturated carbocycles. The number of nitrogens with one attached hydrogen (secondary N) is 1. The largest absolute Gasteiger partial charge is 0.469 e. The summed E-state index contributed by atoms with van der Waals surface area (Å²) >= 11 is 1.86. The number of benzene rings is 8. The van der Waals surface area contributed by atoms with E-state index in [0.717, 1.165) is 64.3 Å². The summed E-state index contributed by atoms with van der Waals surface area (Å²) in [4.78, 5) is 2.62. The molecule has 2 aliphatic carbocycles. The Morgan fingerprint density at radius 1 is 0.521 bits per heavy atom. The van der Waals surface area contributed by atoms with Crippen molar-refractivity contribution in [2.24, 2.45) is 0 Å². The van der Waals surface area contributed by atoms with Gasteiger partial charge in [0.05, 0.1) is 11.3 Å². The molecule has 3 heterocycles. The number of nitrogens with zero attached hydrogens (tertiary/aromatic N) is 1. The third-order valence-electron chi connectivity index (χ3n) is 17.3. The number of furan rings is 1. The van der Waals surface area contributed by atoms with Gasteiger partial charge in [0, 0.05) is 53.9 Å². The highest BCUT2D eigenvalue weighted by molar-refractivity contribution is 7.26. The lowest BCUT2D eigenvalue weighted by atomic mass is 9.60. The molecule has 13 rings (SSSR count). The van der Waals surface area contributed by atoms with Gasteiger partial charge in [0.1, 0.15) is 5.58 Å². The van der Waals surface area contributed by atoms with Crippen molar-refractivity contribution < 1.29 is 4.42 Å². The molecule has 3 nitrogen and oxygen atoms in total. The van der Waals surface area contributed by atoms with Crippen LogP contribution in [0.4, 0.5) is 28.4 Å². The minimum absolute atomic E-state index is 0.0162. The van der Waals surface area contributed by atoms with Crippen molar-refractivity contribution >= 4 is 100 Å². The number of hydrogen-bond donors (Lipinski definition) is 1. The SMILES string of the molecule is Cc1ccccc1-c1cc(-c2c(Nc3cccc4sc5ccccc5c34)ccc3ccccc23)c2c(c1)N(c1cc3c(cc1C)C(C)(C)CCC3(C)C)c1c(oc3cc4c(cc13)C(C)(C)CCC4(C)C)[B]2. The maximum atomic E-state index is 7.36. The first-order valence-electron chi connectivity index (χ1n) is 25.8. The van der Waals surface area contributed by atoms with Gasteiger partial charge in [-0.25, -0.2) is 0 Å². The first-order valence-corrected chi connectivity index (χ1v) is 26.6. The van der Waals surface area contributed by atoms with E-state index < -0.39 is 0 Å². The lowest BCUT2D eigenvalue weighted by Gasteiger charge is -2.43. The molecule has 0 atom stereocenters. The van der Waals surface area contributed by atoms with Crippen LogP contribution in [0.3, 0.4) is 0 Å². The molecule has 71 heavy (non-hydrogen) atoms. The van der Waals surface area contributed by atoms with Gasteiger partial charge in [-0.05, 0) is 182 Å². The topological polar surface area (TPSA) is 28.4 Å². The Labute approximate surface area is 424 Å². The zero-order chi connectivity index (χ0) is 48.9. The van der Waals surface area contributed by atoms with Crippen molar-refractivity contribution in [2.75, 3.05) is 10.2 Å². The van der Waals surface area contributed by atoms with Crippen molar-refractivity contribution in [3.63, 3.8) is 0 Å². The van der Waals surface area contributed by atoms with E-state index in [2.05, 4.69) is 226 Å². The predicted octanol–water partition coefficient (Wildman–Crippen LogP) is 17.8. The molecule has 1 N–H and O–H groups in total. The fourth-order valence-corrected chi connectivity index (χ4v) is 14.0. The smallest absolute Gasteiger partial charge is 0.247 e. The molecule has 10 aromatic rings. The van der Waals surface area contributed by atoms with E-state index in [9.17, 15) is 0 Å². The molecule has 8 aromatic carbocycles. The van der Waals surface area contributed by atoms with E-state index in [4.69, 9.17) is 4.42 Å². The fourth-order valence-electron chi connectivity index (χ4n) is 12.9. The Morgan fingerprint density at radius 3 is 1.90 bits per heavy atom. The summed E-state index contributed by atoms with van der Waals surface area (Å²) in [6, 6.07) is 52.9. The Balaban J connectivity index is 1.14. The highest BCUT2D eigenvalue weighted by Gasteiger charge is 2.42. The molecule has 0 amide bonds. The summed E-state index contributed by atoms with van der Waals surface area (Å²) in [7, 11) is 2.38. The quantitative estimate of drug-likeness (QED) is 0.174. The van der Waals surface area contributed by atoms with Crippen LogP contribution in [0.25, 0.3) is 64.2 Å². The highest BCUT2D eigenvalue weighted by Crippen LogP contribution is 2.54. The van der Waals surface area contributed by atoms with Gasteiger partial charge in [-0.2, -0.15) is 0 Å². The average molecular weight is 942 g/mol. The standard InChI is InChI=1S/C66H62BN2OS/c1-38-18-11-13-20-42(38)41-33-46(58-43-21-14-12-19-40(43)26-27-52(58)68-51-23-17-25-57-59(51)44-22-15-16-24-56(44)71-57)60-54(34-41)69(53-36-49-47(32-39(53)2)63(3,4)28-30-65(49,7)8)61-45-35-48-50(37-55(45)70-62(61)67-60)66(9,10)31-29-64(48,5)6/h11-27,32-37,68H,28-31H2,1-10H3. The number of anilines is 5. The molecule has 0 unspecified atom stereocenters. The van der Waals surface area contributed by atoms with Crippen LogP contribution in [0, 0.1) is 13.8 Å². The summed E-state index contributed by atoms with van der Waals surface area (Å²) < 4.78 is 9.93. The first kappa shape index (κ1) is 44.4.